The van der Waals surface area contributed by atoms with Crippen molar-refractivity contribution < 1.29 is 19.1 Å². The van der Waals surface area contributed by atoms with Gasteiger partial charge >= 0.3 is 0 Å². The number of para-hydroxylation sites is 1. The van der Waals surface area contributed by atoms with Crippen LogP contribution in [0.25, 0.3) is 0 Å². The molecule has 2 aromatic carbocycles. The van der Waals surface area contributed by atoms with Gasteiger partial charge in [-0.05, 0) is 43.2 Å². The maximum Gasteiger partial charge on any atom is 0.259 e. The normalized spacial score (nSPS) is 13.4. The Morgan fingerprint density at radius 1 is 1.07 bits per heavy atom. The molecule has 1 heterocycles. The summed E-state index contributed by atoms with van der Waals surface area (Å²) in [5.41, 5.74) is 1.37. The minimum absolute atomic E-state index is 0.0563. The van der Waals surface area contributed by atoms with E-state index < -0.39 is 0 Å². The number of anilines is 1. The summed E-state index contributed by atoms with van der Waals surface area (Å²) in [6.07, 6.45) is 2.03. The molecule has 2 amide bonds. The molecule has 148 valence electrons. The number of halogens is 1. The molecule has 1 fully saturated rings. The molecule has 1 N–H and O–H groups in total. The number of nitrogens with zero attached hydrogens (tertiary/aromatic N) is 1. The average molecular weight is 447 g/mol. The third kappa shape index (κ3) is 4.91. The number of likely N-dealkylation sites (tertiary alicyclic amines) is 1. The van der Waals surface area contributed by atoms with Crippen LogP contribution in [0.3, 0.4) is 0 Å². The molecule has 2 aromatic rings. The fourth-order valence-corrected chi connectivity index (χ4v) is 3.46. The SMILES string of the molecule is COCCOc1ccc(Br)cc1C(=O)Nc1ccccc1C(=O)N1CCCC1. The predicted octanol–water partition coefficient (Wildman–Crippen LogP) is 3.96. The first kappa shape index (κ1) is 20.4. The standard InChI is InChI=1S/C21H23BrN2O4/c1-27-12-13-28-19-9-8-15(22)14-17(19)20(25)23-18-7-3-2-6-16(18)21(26)24-10-4-5-11-24/h2-3,6-9,14H,4-5,10-13H2,1H3,(H,23,25). The second-order valence-corrected chi connectivity index (χ2v) is 7.40. The zero-order chi connectivity index (χ0) is 19.9. The zero-order valence-corrected chi connectivity index (χ0v) is 17.3. The number of carbonyl (C=O) groups excluding carboxylic acids is 2. The number of amides is 2. The van der Waals surface area contributed by atoms with Gasteiger partial charge in [0.1, 0.15) is 12.4 Å². The summed E-state index contributed by atoms with van der Waals surface area (Å²) in [6, 6.07) is 12.3. The van der Waals surface area contributed by atoms with E-state index in [1.165, 1.54) is 0 Å². The fraction of sp³-hybridized carbons (Fsp3) is 0.333. The first-order valence-electron chi connectivity index (χ1n) is 9.21. The van der Waals surface area contributed by atoms with Gasteiger partial charge in [0.25, 0.3) is 11.8 Å². The van der Waals surface area contributed by atoms with E-state index in [1.54, 1.807) is 43.5 Å². The quantitative estimate of drug-likeness (QED) is 0.653. The van der Waals surface area contributed by atoms with Gasteiger partial charge in [-0.15, -0.1) is 0 Å². The summed E-state index contributed by atoms with van der Waals surface area (Å²) in [5, 5.41) is 2.87. The van der Waals surface area contributed by atoms with Crippen molar-refractivity contribution in [1.82, 2.24) is 4.90 Å². The summed E-state index contributed by atoms with van der Waals surface area (Å²) in [4.78, 5) is 27.6. The topological polar surface area (TPSA) is 67.9 Å². The van der Waals surface area contributed by atoms with Gasteiger partial charge in [-0.25, -0.2) is 0 Å². The van der Waals surface area contributed by atoms with Gasteiger partial charge < -0.3 is 19.7 Å². The molecule has 28 heavy (non-hydrogen) atoms. The first-order valence-corrected chi connectivity index (χ1v) is 10.0. The fourth-order valence-electron chi connectivity index (χ4n) is 3.10. The first-order chi connectivity index (χ1) is 13.6. The van der Waals surface area contributed by atoms with Crippen LogP contribution in [-0.4, -0.2) is 50.1 Å². The van der Waals surface area contributed by atoms with Crippen LogP contribution in [0.2, 0.25) is 0 Å². The van der Waals surface area contributed by atoms with E-state index in [0.29, 0.717) is 35.8 Å². The van der Waals surface area contributed by atoms with Crippen molar-refractivity contribution in [2.75, 3.05) is 38.7 Å². The molecule has 0 aliphatic carbocycles. The van der Waals surface area contributed by atoms with Crippen LogP contribution in [0.15, 0.2) is 46.9 Å². The molecule has 7 heteroatoms. The van der Waals surface area contributed by atoms with E-state index in [9.17, 15) is 9.59 Å². The number of methoxy groups -OCH3 is 1. The monoisotopic (exact) mass is 446 g/mol. The van der Waals surface area contributed by atoms with E-state index in [4.69, 9.17) is 9.47 Å². The van der Waals surface area contributed by atoms with Crippen molar-refractivity contribution in [2.24, 2.45) is 0 Å². The molecule has 0 spiro atoms. The summed E-state index contributed by atoms with van der Waals surface area (Å²) in [6.45, 7) is 2.27. The van der Waals surface area contributed by atoms with Crippen molar-refractivity contribution in [3.63, 3.8) is 0 Å². The van der Waals surface area contributed by atoms with Crippen molar-refractivity contribution in [2.45, 2.75) is 12.8 Å². The highest BCUT2D eigenvalue weighted by Crippen LogP contribution is 2.26. The summed E-state index contributed by atoms with van der Waals surface area (Å²) >= 11 is 3.39. The predicted molar refractivity (Wildman–Crippen MR) is 111 cm³/mol. The van der Waals surface area contributed by atoms with Gasteiger partial charge in [0.2, 0.25) is 0 Å². The lowest BCUT2D eigenvalue weighted by Gasteiger charge is -2.18. The van der Waals surface area contributed by atoms with Crippen molar-refractivity contribution in [3.05, 3.63) is 58.1 Å². The Hall–Kier alpha value is -2.38. The maximum absolute atomic E-state index is 12.9. The molecule has 0 unspecified atom stereocenters. The van der Waals surface area contributed by atoms with Crippen molar-refractivity contribution in [1.29, 1.82) is 0 Å². The number of ether oxygens (including phenoxy) is 2. The molecule has 0 radical (unpaired) electrons. The largest absolute Gasteiger partial charge is 0.490 e. The number of rotatable bonds is 7. The molecule has 6 nitrogen and oxygen atoms in total. The minimum Gasteiger partial charge on any atom is -0.490 e. The number of nitrogens with one attached hydrogen (secondary N) is 1. The third-order valence-electron chi connectivity index (χ3n) is 4.53. The number of benzene rings is 2. The highest BCUT2D eigenvalue weighted by atomic mass is 79.9. The Morgan fingerprint density at radius 3 is 2.57 bits per heavy atom. The van der Waals surface area contributed by atoms with E-state index in [0.717, 1.165) is 30.4 Å². The molecule has 0 atom stereocenters. The summed E-state index contributed by atoms with van der Waals surface area (Å²) in [5.74, 6) is 0.0655. The lowest BCUT2D eigenvalue weighted by atomic mass is 10.1. The van der Waals surface area contributed by atoms with Crippen LogP contribution in [0.5, 0.6) is 5.75 Å². The minimum atomic E-state index is -0.338. The van der Waals surface area contributed by atoms with Crippen LogP contribution >= 0.6 is 15.9 Å². The molecular formula is C21H23BrN2O4. The smallest absolute Gasteiger partial charge is 0.259 e. The lowest BCUT2D eigenvalue weighted by molar-refractivity contribution is 0.0794. The highest BCUT2D eigenvalue weighted by Gasteiger charge is 2.23. The molecule has 0 aromatic heterocycles. The van der Waals surface area contributed by atoms with Crippen molar-refractivity contribution in [3.8, 4) is 5.75 Å². The van der Waals surface area contributed by atoms with Crippen LogP contribution in [0, 0.1) is 0 Å². The molecule has 1 aliphatic heterocycles. The number of carbonyl (C=O) groups is 2. The molecule has 0 bridgehead atoms. The Labute approximate surface area is 172 Å². The van der Waals surface area contributed by atoms with Gasteiger partial charge in [-0.2, -0.15) is 0 Å². The van der Waals surface area contributed by atoms with E-state index in [2.05, 4.69) is 21.2 Å². The highest BCUT2D eigenvalue weighted by molar-refractivity contribution is 9.10. The Balaban J connectivity index is 1.82. The molecule has 1 aliphatic rings. The van der Waals surface area contributed by atoms with E-state index in [1.807, 2.05) is 11.0 Å². The average Bonchev–Trinajstić information content (AvgIpc) is 3.24. The van der Waals surface area contributed by atoms with Gasteiger partial charge in [-0.3, -0.25) is 9.59 Å². The Bertz CT molecular complexity index is 850. The van der Waals surface area contributed by atoms with E-state index >= 15 is 0 Å². The molecule has 1 saturated heterocycles. The Kier molecular flexibility index (Phi) is 7.06. The lowest BCUT2D eigenvalue weighted by Crippen LogP contribution is -2.28. The van der Waals surface area contributed by atoms with Crippen LogP contribution in [0.1, 0.15) is 33.6 Å². The van der Waals surface area contributed by atoms with Crippen LogP contribution < -0.4 is 10.1 Å². The van der Waals surface area contributed by atoms with E-state index in [-0.39, 0.29) is 11.8 Å². The van der Waals surface area contributed by atoms with Crippen LogP contribution in [0.4, 0.5) is 5.69 Å². The van der Waals surface area contributed by atoms with Gasteiger partial charge in [-0.1, -0.05) is 28.1 Å². The molecular weight excluding hydrogens is 424 g/mol. The maximum atomic E-state index is 12.9. The van der Waals surface area contributed by atoms with Gasteiger partial charge in [0.05, 0.1) is 23.4 Å². The molecule has 0 saturated carbocycles. The molecule has 3 rings (SSSR count). The Morgan fingerprint density at radius 2 is 1.82 bits per heavy atom. The summed E-state index contributed by atoms with van der Waals surface area (Å²) in [7, 11) is 1.59. The van der Waals surface area contributed by atoms with Crippen LogP contribution in [-0.2, 0) is 4.74 Å². The van der Waals surface area contributed by atoms with Gasteiger partial charge in [0.15, 0.2) is 0 Å². The third-order valence-corrected chi connectivity index (χ3v) is 5.02. The number of hydrogen-bond acceptors (Lipinski definition) is 4. The number of hydrogen-bond donors (Lipinski definition) is 1. The second kappa shape index (κ2) is 9.71. The second-order valence-electron chi connectivity index (χ2n) is 6.48. The summed E-state index contributed by atoms with van der Waals surface area (Å²) < 4.78 is 11.4. The van der Waals surface area contributed by atoms with Crippen molar-refractivity contribution >= 4 is 33.4 Å². The van der Waals surface area contributed by atoms with Gasteiger partial charge in [0, 0.05) is 24.7 Å². The zero-order valence-electron chi connectivity index (χ0n) is 15.7.